The van der Waals surface area contributed by atoms with E-state index in [-0.39, 0.29) is 6.10 Å². The molecule has 1 saturated carbocycles. The molecule has 2 aliphatic carbocycles. The smallest absolute Gasteiger partial charge is 0.0642 e. The first-order valence-electron chi connectivity index (χ1n) is 8.57. The molecule has 0 amide bonds. The Morgan fingerprint density at radius 3 is 2.86 bits per heavy atom. The number of aliphatic hydroxyl groups excluding tert-OH is 1. The zero-order chi connectivity index (χ0) is 15.6. The highest BCUT2D eigenvalue weighted by molar-refractivity contribution is 5.24. The van der Waals surface area contributed by atoms with Gasteiger partial charge in [0, 0.05) is 5.92 Å². The van der Waals surface area contributed by atoms with E-state index >= 15 is 0 Å². The van der Waals surface area contributed by atoms with Crippen molar-refractivity contribution in [3.63, 3.8) is 0 Å². The van der Waals surface area contributed by atoms with Crippen LogP contribution in [0.25, 0.3) is 0 Å². The number of hydrogen-bond donors (Lipinski definition) is 1. The molecule has 0 aliphatic heterocycles. The van der Waals surface area contributed by atoms with E-state index in [0.717, 1.165) is 25.7 Å². The maximum absolute atomic E-state index is 11.0. The van der Waals surface area contributed by atoms with Crippen molar-refractivity contribution < 1.29 is 5.11 Å². The van der Waals surface area contributed by atoms with Gasteiger partial charge in [0.2, 0.25) is 0 Å². The zero-order valence-corrected chi connectivity index (χ0v) is 14.2. The van der Waals surface area contributed by atoms with Crippen LogP contribution in [-0.4, -0.2) is 11.2 Å². The molecule has 1 fully saturated rings. The molecule has 2 rings (SSSR count). The quantitative estimate of drug-likeness (QED) is 0.698. The topological polar surface area (TPSA) is 20.2 Å². The van der Waals surface area contributed by atoms with Gasteiger partial charge in [-0.3, -0.25) is 0 Å². The number of aliphatic hydroxyl groups is 1. The lowest BCUT2D eigenvalue weighted by molar-refractivity contribution is 0.0306. The Bertz CT molecular complexity index is 439. The molecule has 0 aromatic carbocycles. The van der Waals surface area contributed by atoms with Crippen LogP contribution in [-0.2, 0) is 0 Å². The monoisotopic (exact) mass is 288 g/mol. The second-order valence-electron chi connectivity index (χ2n) is 7.50. The average molecular weight is 288 g/mol. The predicted molar refractivity (Wildman–Crippen MR) is 91.1 cm³/mol. The van der Waals surface area contributed by atoms with Crippen molar-refractivity contribution >= 4 is 0 Å². The van der Waals surface area contributed by atoms with Crippen LogP contribution in [0.1, 0.15) is 59.8 Å². The van der Waals surface area contributed by atoms with E-state index in [9.17, 15) is 5.11 Å². The molecule has 0 aromatic heterocycles. The number of allylic oxidation sites excluding steroid dienone is 4. The van der Waals surface area contributed by atoms with E-state index in [1.54, 1.807) is 0 Å². The van der Waals surface area contributed by atoms with Gasteiger partial charge in [-0.2, -0.15) is 0 Å². The molecule has 0 spiro atoms. The van der Waals surface area contributed by atoms with Gasteiger partial charge in [-0.1, -0.05) is 42.4 Å². The summed E-state index contributed by atoms with van der Waals surface area (Å²) in [5.74, 6) is 1.82. The summed E-state index contributed by atoms with van der Waals surface area (Å²) >= 11 is 0. The van der Waals surface area contributed by atoms with Crippen molar-refractivity contribution in [2.24, 2.45) is 23.7 Å². The zero-order valence-electron chi connectivity index (χ0n) is 14.2. The highest BCUT2D eigenvalue weighted by Crippen LogP contribution is 2.47. The Labute approximate surface area is 130 Å². The molecule has 5 atom stereocenters. The molecule has 118 valence electrons. The number of rotatable bonds is 4. The minimum Gasteiger partial charge on any atom is -0.392 e. The van der Waals surface area contributed by atoms with E-state index in [1.807, 2.05) is 0 Å². The summed E-state index contributed by atoms with van der Waals surface area (Å²) in [6.07, 6.45) is 10.1. The maximum atomic E-state index is 11.0. The summed E-state index contributed by atoms with van der Waals surface area (Å²) < 4.78 is 0. The van der Waals surface area contributed by atoms with Crippen molar-refractivity contribution in [1.29, 1.82) is 0 Å². The molecule has 0 saturated heterocycles. The van der Waals surface area contributed by atoms with Crippen LogP contribution in [0.15, 0.2) is 35.5 Å². The summed E-state index contributed by atoms with van der Waals surface area (Å²) in [6.45, 7) is 13.1. The summed E-state index contributed by atoms with van der Waals surface area (Å²) in [5, 5.41) is 11.0. The second-order valence-corrected chi connectivity index (χ2v) is 7.50. The molecule has 0 aromatic rings. The van der Waals surface area contributed by atoms with Gasteiger partial charge in [0.15, 0.2) is 0 Å². The molecule has 0 unspecified atom stereocenters. The van der Waals surface area contributed by atoms with E-state index in [4.69, 9.17) is 0 Å². The van der Waals surface area contributed by atoms with Gasteiger partial charge in [-0.25, -0.2) is 0 Å². The molecule has 0 radical (unpaired) electrons. The van der Waals surface area contributed by atoms with Gasteiger partial charge in [0.25, 0.3) is 0 Å². The molecular formula is C20H32O. The first-order valence-corrected chi connectivity index (χ1v) is 8.57. The average Bonchev–Trinajstić information content (AvgIpc) is 2.74. The Kier molecular flexibility index (Phi) is 5.48. The Balaban J connectivity index is 2.07. The second kappa shape index (κ2) is 6.96. The van der Waals surface area contributed by atoms with Crippen LogP contribution < -0.4 is 0 Å². The summed E-state index contributed by atoms with van der Waals surface area (Å²) in [7, 11) is 0. The van der Waals surface area contributed by atoms with E-state index < -0.39 is 0 Å². The highest BCUT2D eigenvalue weighted by Gasteiger charge is 2.42. The van der Waals surface area contributed by atoms with Gasteiger partial charge >= 0.3 is 0 Å². The lowest BCUT2D eigenvalue weighted by Gasteiger charge is -2.32. The van der Waals surface area contributed by atoms with Gasteiger partial charge in [0.1, 0.15) is 0 Å². The molecule has 1 heteroatoms. The fourth-order valence-electron chi connectivity index (χ4n) is 4.29. The molecular weight excluding hydrogens is 256 g/mol. The summed E-state index contributed by atoms with van der Waals surface area (Å²) in [5.41, 5.74) is 4.15. The Hall–Kier alpha value is -0.820. The standard InChI is InChI=1S/C20H32O/c1-13(2)7-6-8-14(3)18-12-9-15(4)17-11-10-16(5)19(17)20(18)21/h7,10,14,17-21H,4,6,8-9,11-12H2,1-3,5H3/t14-,17-,18-,19+,20+/m0/s1. The van der Waals surface area contributed by atoms with Gasteiger partial charge in [-0.05, 0) is 70.6 Å². The molecule has 1 N–H and O–H groups in total. The number of hydrogen-bond acceptors (Lipinski definition) is 1. The molecule has 0 bridgehead atoms. The summed E-state index contributed by atoms with van der Waals surface area (Å²) in [4.78, 5) is 0. The first kappa shape index (κ1) is 16.5. The molecule has 21 heavy (non-hydrogen) atoms. The Morgan fingerprint density at radius 1 is 1.48 bits per heavy atom. The van der Waals surface area contributed by atoms with Crippen LogP contribution in [0.2, 0.25) is 0 Å². The molecule has 0 heterocycles. The maximum Gasteiger partial charge on any atom is 0.0642 e. The van der Waals surface area contributed by atoms with Gasteiger partial charge in [-0.15, -0.1) is 0 Å². The largest absolute Gasteiger partial charge is 0.392 e. The van der Waals surface area contributed by atoms with E-state index in [2.05, 4.69) is 46.4 Å². The summed E-state index contributed by atoms with van der Waals surface area (Å²) in [6, 6.07) is 0. The Morgan fingerprint density at radius 2 is 2.19 bits per heavy atom. The third-order valence-corrected chi connectivity index (χ3v) is 5.69. The highest BCUT2D eigenvalue weighted by atomic mass is 16.3. The first-order chi connectivity index (χ1) is 9.91. The van der Waals surface area contributed by atoms with Crippen LogP contribution >= 0.6 is 0 Å². The van der Waals surface area contributed by atoms with Gasteiger partial charge < -0.3 is 5.11 Å². The van der Waals surface area contributed by atoms with Crippen LogP contribution in [0.4, 0.5) is 0 Å². The van der Waals surface area contributed by atoms with Crippen molar-refractivity contribution in [3.8, 4) is 0 Å². The fourth-order valence-corrected chi connectivity index (χ4v) is 4.29. The fraction of sp³-hybridized carbons (Fsp3) is 0.700. The minimum atomic E-state index is -0.185. The SMILES string of the molecule is C=C1CC[C@@H]([C@@H](C)CCC=C(C)C)[C@@H](O)[C@@H]2C(C)=CC[C@@H]12. The van der Waals surface area contributed by atoms with Crippen molar-refractivity contribution in [3.05, 3.63) is 35.5 Å². The normalized spacial score (nSPS) is 34.0. The lowest BCUT2D eigenvalue weighted by Crippen LogP contribution is -2.34. The van der Waals surface area contributed by atoms with Crippen LogP contribution in [0.3, 0.4) is 0 Å². The molecule has 1 nitrogen and oxygen atoms in total. The number of fused-ring (bicyclic) bond motifs is 1. The van der Waals surface area contributed by atoms with Crippen LogP contribution in [0, 0.1) is 23.7 Å². The minimum absolute atomic E-state index is 0.185. The lowest BCUT2D eigenvalue weighted by atomic mass is 9.76. The van der Waals surface area contributed by atoms with Crippen molar-refractivity contribution in [2.45, 2.75) is 65.9 Å². The predicted octanol–water partition coefficient (Wildman–Crippen LogP) is 5.28. The third-order valence-electron chi connectivity index (χ3n) is 5.69. The van der Waals surface area contributed by atoms with E-state index in [0.29, 0.717) is 23.7 Å². The van der Waals surface area contributed by atoms with Crippen LogP contribution in [0.5, 0.6) is 0 Å². The van der Waals surface area contributed by atoms with E-state index in [1.165, 1.54) is 23.1 Å². The van der Waals surface area contributed by atoms with Gasteiger partial charge in [0.05, 0.1) is 6.10 Å². The third kappa shape index (κ3) is 3.69. The van der Waals surface area contributed by atoms with Crippen molar-refractivity contribution in [2.75, 3.05) is 0 Å². The van der Waals surface area contributed by atoms with Crippen molar-refractivity contribution in [1.82, 2.24) is 0 Å². The molecule has 2 aliphatic rings.